The Bertz CT molecular complexity index is 424. The summed E-state index contributed by atoms with van der Waals surface area (Å²) in [4.78, 5) is 11.4. The average molecular weight is 285 g/mol. The van der Waals surface area contributed by atoms with Gasteiger partial charge in [-0.05, 0) is 38.1 Å². The van der Waals surface area contributed by atoms with Gasteiger partial charge < -0.3 is 15.4 Å². The summed E-state index contributed by atoms with van der Waals surface area (Å²) in [7, 11) is 1.89. The van der Waals surface area contributed by atoms with Gasteiger partial charge in [-0.15, -0.1) is 0 Å². The first-order valence-electron chi connectivity index (χ1n) is 6.44. The van der Waals surface area contributed by atoms with Crippen LogP contribution in [0.4, 0.5) is 0 Å². The fourth-order valence-corrected chi connectivity index (χ4v) is 1.77. The molecule has 0 radical (unpaired) electrons. The molecule has 0 aliphatic carbocycles. The number of hydrogen-bond donors (Lipinski definition) is 2. The molecule has 1 rings (SSSR count). The first kappa shape index (κ1) is 15.8. The molecule has 2 N–H and O–H groups in total. The van der Waals surface area contributed by atoms with Crippen molar-refractivity contribution in [3.63, 3.8) is 0 Å². The second kappa shape index (κ2) is 8.02. The van der Waals surface area contributed by atoms with Crippen LogP contribution in [0, 0.1) is 0 Å². The Labute approximate surface area is 119 Å². The van der Waals surface area contributed by atoms with Crippen molar-refractivity contribution < 1.29 is 9.53 Å². The number of hydrogen-bond acceptors (Lipinski definition) is 3. The Hall–Kier alpha value is -1.26. The van der Waals surface area contributed by atoms with Crippen LogP contribution in [0.1, 0.15) is 31.9 Å². The van der Waals surface area contributed by atoms with Crippen LogP contribution in [0.5, 0.6) is 5.75 Å². The third-order valence-electron chi connectivity index (χ3n) is 2.82. The second-order valence-electron chi connectivity index (χ2n) is 4.34. The largest absolute Gasteiger partial charge is 0.482 e. The zero-order valence-corrected chi connectivity index (χ0v) is 12.4. The van der Waals surface area contributed by atoms with Crippen LogP contribution < -0.4 is 15.4 Å². The van der Waals surface area contributed by atoms with Crippen LogP contribution in [0.3, 0.4) is 0 Å². The van der Waals surface area contributed by atoms with Crippen molar-refractivity contribution in [2.24, 2.45) is 0 Å². The SMILES string of the molecule is CCCNC(=O)COc1ccc(C(C)NC)cc1Cl. The second-order valence-corrected chi connectivity index (χ2v) is 4.75. The lowest BCUT2D eigenvalue weighted by molar-refractivity contribution is -0.123. The predicted molar refractivity (Wildman–Crippen MR) is 77.7 cm³/mol. The summed E-state index contributed by atoms with van der Waals surface area (Å²) in [6.07, 6.45) is 0.906. The summed E-state index contributed by atoms with van der Waals surface area (Å²) in [6.45, 7) is 4.69. The van der Waals surface area contributed by atoms with Gasteiger partial charge in [-0.1, -0.05) is 24.6 Å². The average Bonchev–Trinajstić information content (AvgIpc) is 2.42. The first-order valence-corrected chi connectivity index (χ1v) is 6.82. The third kappa shape index (κ3) is 5.09. The summed E-state index contributed by atoms with van der Waals surface area (Å²) in [5, 5.41) is 6.40. The molecule has 1 unspecified atom stereocenters. The highest BCUT2D eigenvalue weighted by molar-refractivity contribution is 6.32. The van der Waals surface area contributed by atoms with Gasteiger partial charge in [-0.2, -0.15) is 0 Å². The lowest BCUT2D eigenvalue weighted by Gasteiger charge is -2.13. The van der Waals surface area contributed by atoms with E-state index >= 15 is 0 Å². The third-order valence-corrected chi connectivity index (χ3v) is 3.12. The zero-order chi connectivity index (χ0) is 14.3. The topological polar surface area (TPSA) is 50.4 Å². The molecule has 0 fully saturated rings. The number of rotatable bonds is 7. The van der Waals surface area contributed by atoms with E-state index in [0.29, 0.717) is 17.3 Å². The number of benzene rings is 1. The van der Waals surface area contributed by atoms with Crippen LogP contribution in [0.15, 0.2) is 18.2 Å². The van der Waals surface area contributed by atoms with Gasteiger partial charge >= 0.3 is 0 Å². The minimum absolute atomic E-state index is 0.0132. The molecule has 0 heterocycles. The molecule has 0 saturated heterocycles. The number of ether oxygens (including phenoxy) is 1. The van der Waals surface area contributed by atoms with Crippen molar-refractivity contribution in [3.8, 4) is 5.75 Å². The van der Waals surface area contributed by atoms with E-state index in [2.05, 4.69) is 10.6 Å². The van der Waals surface area contributed by atoms with Crippen molar-refractivity contribution in [3.05, 3.63) is 28.8 Å². The lowest BCUT2D eigenvalue weighted by Crippen LogP contribution is -2.29. The van der Waals surface area contributed by atoms with Crippen LogP contribution >= 0.6 is 11.6 Å². The monoisotopic (exact) mass is 284 g/mol. The van der Waals surface area contributed by atoms with E-state index in [1.54, 1.807) is 6.07 Å². The first-order chi connectivity index (χ1) is 9.08. The van der Waals surface area contributed by atoms with Crippen molar-refractivity contribution in [1.29, 1.82) is 0 Å². The van der Waals surface area contributed by atoms with Gasteiger partial charge in [0.05, 0.1) is 5.02 Å². The van der Waals surface area contributed by atoms with Crippen LogP contribution in [-0.4, -0.2) is 26.1 Å². The molecule has 0 saturated carbocycles. The Balaban J connectivity index is 2.57. The minimum Gasteiger partial charge on any atom is -0.482 e. The van der Waals surface area contributed by atoms with E-state index in [1.807, 2.05) is 33.0 Å². The van der Waals surface area contributed by atoms with Gasteiger partial charge in [0.15, 0.2) is 6.61 Å². The Morgan fingerprint density at radius 3 is 2.79 bits per heavy atom. The van der Waals surface area contributed by atoms with E-state index in [-0.39, 0.29) is 18.6 Å². The molecule has 0 aliphatic rings. The maximum Gasteiger partial charge on any atom is 0.257 e. The van der Waals surface area contributed by atoms with Crippen molar-refractivity contribution in [1.82, 2.24) is 10.6 Å². The summed E-state index contributed by atoms with van der Waals surface area (Å²) in [5.41, 5.74) is 1.08. The normalized spacial score (nSPS) is 12.0. The number of carbonyl (C=O) groups excluding carboxylic acids is 1. The smallest absolute Gasteiger partial charge is 0.257 e. The molecule has 0 spiro atoms. The summed E-state index contributed by atoms with van der Waals surface area (Å²) in [6, 6.07) is 5.80. The Morgan fingerprint density at radius 2 is 2.21 bits per heavy atom. The Morgan fingerprint density at radius 1 is 1.47 bits per heavy atom. The minimum atomic E-state index is -0.134. The number of nitrogens with one attached hydrogen (secondary N) is 2. The van der Waals surface area contributed by atoms with Gasteiger partial charge in [0.25, 0.3) is 5.91 Å². The van der Waals surface area contributed by atoms with Gasteiger partial charge in [-0.3, -0.25) is 4.79 Å². The maximum absolute atomic E-state index is 11.4. The highest BCUT2D eigenvalue weighted by atomic mass is 35.5. The van der Waals surface area contributed by atoms with E-state index in [9.17, 15) is 4.79 Å². The van der Waals surface area contributed by atoms with Gasteiger partial charge in [0.2, 0.25) is 0 Å². The van der Waals surface area contributed by atoms with E-state index < -0.39 is 0 Å². The molecule has 1 amide bonds. The maximum atomic E-state index is 11.4. The highest BCUT2D eigenvalue weighted by Gasteiger charge is 2.09. The fourth-order valence-electron chi connectivity index (χ4n) is 1.53. The molecule has 5 heteroatoms. The zero-order valence-electron chi connectivity index (χ0n) is 11.6. The molecule has 4 nitrogen and oxygen atoms in total. The molecule has 0 aliphatic heterocycles. The number of halogens is 1. The molecule has 0 bridgehead atoms. The van der Waals surface area contributed by atoms with Crippen molar-refractivity contribution >= 4 is 17.5 Å². The summed E-state index contributed by atoms with van der Waals surface area (Å²) >= 11 is 6.13. The van der Waals surface area contributed by atoms with Gasteiger partial charge in [-0.25, -0.2) is 0 Å². The van der Waals surface area contributed by atoms with Crippen molar-refractivity contribution in [2.75, 3.05) is 20.2 Å². The molecule has 19 heavy (non-hydrogen) atoms. The summed E-state index contributed by atoms with van der Waals surface area (Å²) in [5.74, 6) is 0.394. The van der Waals surface area contributed by atoms with E-state index in [1.165, 1.54) is 0 Å². The molecule has 1 aromatic carbocycles. The standard InChI is InChI=1S/C14H21ClN2O2/c1-4-7-17-14(18)9-19-13-6-5-11(8-12(13)15)10(2)16-3/h5-6,8,10,16H,4,7,9H2,1-3H3,(H,17,18). The van der Waals surface area contributed by atoms with Crippen LogP contribution in [0.25, 0.3) is 0 Å². The quantitative estimate of drug-likeness (QED) is 0.809. The van der Waals surface area contributed by atoms with Gasteiger partial charge in [0.1, 0.15) is 5.75 Å². The van der Waals surface area contributed by atoms with Crippen LogP contribution in [0.2, 0.25) is 5.02 Å². The van der Waals surface area contributed by atoms with Crippen LogP contribution in [-0.2, 0) is 4.79 Å². The molecule has 106 valence electrons. The van der Waals surface area contributed by atoms with E-state index in [4.69, 9.17) is 16.3 Å². The highest BCUT2D eigenvalue weighted by Crippen LogP contribution is 2.27. The number of amides is 1. The lowest BCUT2D eigenvalue weighted by atomic mass is 10.1. The number of carbonyl (C=O) groups is 1. The predicted octanol–water partition coefficient (Wildman–Crippen LogP) is 2.53. The summed E-state index contributed by atoms with van der Waals surface area (Å²) < 4.78 is 5.40. The Kier molecular flexibility index (Phi) is 6.67. The molecule has 0 aromatic heterocycles. The molecular weight excluding hydrogens is 264 g/mol. The van der Waals surface area contributed by atoms with E-state index in [0.717, 1.165) is 12.0 Å². The molecule has 1 aromatic rings. The molecule has 1 atom stereocenters. The fraction of sp³-hybridized carbons (Fsp3) is 0.500. The van der Waals surface area contributed by atoms with Crippen molar-refractivity contribution in [2.45, 2.75) is 26.3 Å². The van der Waals surface area contributed by atoms with Gasteiger partial charge in [0, 0.05) is 12.6 Å². The molecular formula is C14H21ClN2O2.